The average molecular weight is 378 g/mol. The van der Waals surface area contributed by atoms with Gasteiger partial charge in [-0.15, -0.1) is 0 Å². The first-order chi connectivity index (χ1) is 13.4. The van der Waals surface area contributed by atoms with E-state index in [4.69, 9.17) is 10.8 Å². The molecule has 0 radical (unpaired) electrons. The van der Waals surface area contributed by atoms with E-state index in [1.165, 1.54) is 28.8 Å². The van der Waals surface area contributed by atoms with Gasteiger partial charge >= 0.3 is 0 Å². The summed E-state index contributed by atoms with van der Waals surface area (Å²) in [5.41, 5.74) is 15.6. The molecule has 0 aliphatic heterocycles. The molecule has 0 amide bonds. The number of H-pyrrole nitrogens is 1. The maximum atomic E-state index is 5.69. The third kappa shape index (κ3) is 3.39. The highest BCUT2D eigenvalue weighted by molar-refractivity contribution is 5.71. The van der Waals surface area contributed by atoms with Gasteiger partial charge in [0.2, 0.25) is 0 Å². The number of hydrogen-bond donors (Lipinski definition) is 2. The lowest BCUT2D eigenvalue weighted by atomic mass is 9.76. The molecule has 0 unspecified atom stereocenters. The Morgan fingerprint density at radius 2 is 2.07 bits per heavy atom. The van der Waals surface area contributed by atoms with Crippen LogP contribution in [0.3, 0.4) is 0 Å². The molecular weight excluding hydrogens is 346 g/mol. The molecule has 0 fully saturated rings. The smallest absolute Gasteiger partial charge is 0.114 e. The molecule has 1 aliphatic carbocycles. The minimum Gasteiger partial charge on any atom is -0.330 e. The Bertz CT molecular complexity index is 993. The molecule has 0 atom stereocenters. The fraction of sp³-hybridized carbons (Fsp3) is 0.478. The van der Waals surface area contributed by atoms with Gasteiger partial charge in [0.05, 0.1) is 11.4 Å². The molecule has 0 bridgehead atoms. The summed E-state index contributed by atoms with van der Waals surface area (Å²) in [7, 11) is 0. The van der Waals surface area contributed by atoms with Crippen LogP contribution in [0.4, 0.5) is 0 Å². The van der Waals surface area contributed by atoms with E-state index in [0.29, 0.717) is 12.0 Å². The maximum Gasteiger partial charge on any atom is 0.114 e. The third-order valence-corrected chi connectivity index (χ3v) is 6.00. The second-order valence-electron chi connectivity index (χ2n) is 8.79. The molecule has 3 aromatic rings. The molecule has 5 heteroatoms. The molecule has 0 saturated heterocycles. The number of fused-ring (bicyclic) bond motifs is 1. The molecule has 0 saturated carbocycles. The minimum atomic E-state index is 0.346. The normalized spacial score (nSPS) is 15.6. The molecule has 4 rings (SSSR count). The van der Waals surface area contributed by atoms with E-state index < -0.39 is 0 Å². The summed E-state index contributed by atoms with van der Waals surface area (Å²) in [4.78, 5) is 0. The number of aryl methyl sites for hydroxylation is 2. The van der Waals surface area contributed by atoms with Crippen LogP contribution >= 0.6 is 0 Å². The summed E-state index contributed by atoms with van der Waals surface area (Å²) in [6, 6.07) is 8.67. The molecule has 2 aromatic heterocycles. The number of benzene rings is 1. The van der Waals surface area contributed by atoms with E-state index in [-0.39, 0.29) is 0 Å². The standard InChI is InChI=1S/C23H31N5/c1-5-28-21-14-23(3,4)10-8-18(21)22(27-28)20-13-19(25-26-20)17-7-6-16(9-11-24)12-15(17)2/h6-7,12-13H,5,8-11,14,24H2,1-4H3,(H,25,26). The van der Waals surface area contributed by atoms with Gasteiger partial charge in [-0.2, -0.15) is 10.2 Å². The van der Waals surface area contributed by atoms with Gasteiger partial charge < -0.3 is 5.73 Å². The second kappa shape index (κ2) is 7.21. The number of aromatic amines is 1. The third-order valence-electron chi connectivity index (χ3n) is 6.00. The first-order valence-corrected chi connectivity index (χ1v) is 10.4. The largest absolute Gasteiger partial charge is 0.330 e. The SMILES string of the molecule is CCn1nc(-c2cc(-c3ccc(CCN)cc3C)n[nH]2)c2c1CC(C)(C)CC2. The Morgan fingerprint density at radius 1 is 1.25 bits per heavy atom. The highest BCUT2D eigenvalue weighted by Crippen LogP contribution is 2.39. The Labute approximate surface area is 167 Å². The zero-order valence-corrected chi connectivity index (χ0v) is 17.5. The van der Waals surface area contributed by atoms with Crippen LogP contribution in [0.25, 0.3) is 22.6 Å². The molecular formula is C23H31N5. The highest BCUT2D eigenvalue weighted by atomic mass is 15.3. The van der Waals surface area contributed by atoms with Crippen molar-refractivity contribution >= 4 is 0 Å². The fourth-order valence-electron chi connectivity index (χ4n) is 4.39. The number of aromatic nitrogens is 4. The molecule has 148 valence electrons. The first-order valence-electron chi connectivity index (χ1n) is 10.4. The van der Waals surface area contributed by atoms with E-state index in [9.17, 15) is 0 Å². The number of nitrogens with one attached hydrogen (secondary N) is 1. The van der Waals surface area contributed by atoms with E-state index in [1.807, 2.05) is 0 Å². The van der Waals surface area contributed by atoms with Crippen LogP contribution in [0.2, 0.25) is 0 Å². The van der Waals surface area contributed by atoms with Gasteiger partial charge in [-0.1, -0.05) is 32.0 Å². The summed E-state index contributed by atoms with van der Waals surface area (Å²) < 4.78 is 2.18. The summed E-state index contributed by atoms with van der Waals surface area (Å²) in [6.07, 6.45) is 4.28. The van der Waals surface area contributed by atoms with Crippen molar-refractivity contribution in [2.24, 2.45) is 11.1 Å². The molecule has 5 nitrogen and oxygen atoms in total. The quantitative estimate of drug-likeness (QED) is 0.697. The van der Waals surface area contributed by atoms with E-state index in [0.717, 1.165) is 48.5 Å². The molecule has 28 heavy (non-hydrogen) atoms. The highest BCUT2D eigenvalue weighted by Gasteiger charge is 2.31. The number of nitrogens with two attached hydrogens (primary N) is 1. The van der Waals surface area contributed by atoms with Crippen molar-refractivity contribution in [1.29, 1.82) is 0 Å². The maximum absolute atomic E-state index is 5.69. The van der Waals surface area contributed by atoms with Crippen molar-refractivity contribution in [2.75, 3.05) is 6.54 Å². The summed E-state index contributed by atoms with van der Waals surface area (Å²) in [5, 5.41) is 12.8. The minimum absolute atomic E-state index is 0.346. The molecule has 1 aromatic carbocycles. The van der Waals surface area contributed by atoms with Crippen LogP contribution in [-0.2, 0) is 25.8 Å². The summed E-state index contributed by atoms with van der Waals surface area (Å²) >= 11 is 0. The van der Waals surface area contributed by atoms with E-state index in [2.05, 4.69) is 66.8 Å². The predicted octanol–water partition coefficient (Wildman–Crippen LogP) is 4.28. The number of rotatable bonds is 5. The Kier molecular flexibility index (Phi) is 4.88. The molecule has 1 aliphatic rings. The average Bonchev–Trinajstić information content (AvgIpc) is 3.25. The van der Waals surface area contributed by atoms with E-state index in [1.54, 1.807) is 0 Å². The molecule has 0 spiro atoms. The van der Waals surface area contributed by atoms with Gasteiger partial charge in [-0.3, -0.25) is 9.78 Å². The van der Waals surface area contributed by atoms with Gasteiger partial charge in [0.25, 0.3) is 0 Å². The Hall–Kier alpha value is -2.40. The van der Waals surface area contributed by atoms with Crippen molar-refractivity contribution < 1.29 is 0 Å². The van der Waals surface area contributed by atoms with Gasteiger partial charge in [0, 0.05) is 23.4 Å². The first kappa shape index (κ1) is 18.9. The lowest BCUT2D eigenvalue weighted by Gasteiger charge is -2.30. The van der Waals surface area contributed by atoms with Crippen molar-refractivity contribution in [3.63, 3.8) is 0 Å². The monoisotopic (exact) mass is 377 g/mol. The van der Waals surface area contributed by atoms with Crippen LogP contribution in [0.1, 0.15) is 49.6 Å². The second-order valence-corrected chi connectivity index (χ2v) is 8.79. The van der Waals surface area contributed by atoms with Crippen molar-refractivity contribution in [3.8, 4) is 22.6 Å². The van der Waals surface area contributed by atoms with Crippen molar-refractivity contribution in [1.82, 2.24) is 20.0 Å². The fourth-order valence-corrected chi connectivity index (χ4v) is 4.39. The van der Waals surface area contributed by atoms with Gasteiger partial charge in [-0.25, -0.2) is 0 Å². The van der Waals surface area contributed by atoms with Crippen LogP contribution in [-0.4, -0.2) is 26.5 Å². The lowest BCUT2D eigenvalue weighted by molar-refractivity contribution is 0.305. The zero-order chi connectivity index (χ0) is 19.9. The van der Waals surface area contributed by atoms with Gasteiger partial charge in [0.1, 0.15) is 5.69 Å². The zero-order valence-electron chi connectivity index (χ0n) is 17.5. The molecule has 2 heterocycles. The summed E-state index contributed by atoms with van der Waals surface area (Å²) in [5.74, 6) is 0. The van der Waals surface area contributed by atoms with Crippen molar-refractivity contribution in [3.05, 3.63) is 46.6 Å². The number of hydrogen-bond acceptors (Lipinski definition) is 3. The van der Waals surface area contributed by atoms with Crippen LogP contribution in [0.15, 0.2) is 24.3 Å². The Balaban J connectivity index is 1.70. The van der Waals surface area contributed by atoms with E-state index >= 15 is 0 Å². The lowest BCUT2D eigenvalue weighted by Crippen LogP contribution is -2.24. The van der Waals surface area contributed by atoms with Crippen molar-refractivity contribution in [2.45, 2.75) is 59.9 Å². The van der Waals surface area contributed by atoms with Crippen LogP contribution < -0.4 is 5.73 Å². The predicted molar refractivity (Wildman–Crippen MR) is 114 cm³/mol. The summed E-state index contributed by atoms with van der Waals surface area (Å²) in [6.45, 7) is 10.6. The molecule has 3 N–H and O–H groups in total. The van der Waals surface area contributed by atoms with Gasteiger partial charge in [-0.05, 0) is 68.7 Å². The van der Waals surface area contributed by atoms with Gasteiger partial charge in [0.15, 0.2) is 0 Å². The topological polar surface area (TPSA) is 72.5 Å². The van der Waals surface area contributed by atoms with Crippen LogP contribution in [0.5, 0.6) is 0 Å². The van der Waals surface area contributed by atoms with Crippen LogP contribution in [0, 0.1) is 12.3 Å². The number of nitrogens with zero attached hydrogens (tertiary/aromatic N) is 3. The Morgan fingerprint density at radius 3 is 2.79 bits per heavy atom.